The lowest BCUT2D eigenvalue weighted by Crippen LogP contribution is -2.48. The highest BCUT2D eigenvalue weighted by atomic mass is 16.2. The number of pyridine rings is 1. The van der Waals surface area contributed by atoms with Crippen molar-refractivity contribution in [2.45, 2.75) is 32.6 Å². The zero-order valence-electron chi connectivity index (χ0n) is 13.7. The zero-order valence-corrected chi connectivity index (χ0v) is 13.7. The van der Waals surface area contributed by atoms with Crippen LogP contribution in [0.2, 0.25) is 0 Å². The smallest absolute Gasteiger partial charge is 0.254 e. The Morgan fingerprint density at radius 1 is 1.26 bits per heavy atom. The molecule has 6 heteroatoms. The molecule has 0 bridgehead atoms. The van der Waals surface area contributed by atoms with E-state index in [1.165, 1.54) is 6.07 Å². The molecule has 23 heavy (non-hydrogen) atoms. The fourth-order valence-corrected chi connectivity index (χ4v) is 3.79. The number of aromatic amines is 1. The number of H-pyrrole nitrogens is 1. The van der Waals surface area contributed by atoms with Crippen LogP contribution in [0.15, 0.2) is 16.9 Å². The van der Waals surface area contributed by atoms with E-state index in [2.05, 4.69) is 4.98 Å². The van der Waals surface area contributed by atoms with Crippen LogP contribution in [-0.2, 0) is 11.2 Å². The van der Waals surface area contributed by atoms with E-state index in [0.29, 0.717) is 31.5 Å². The number of piperidine rings is 1. The molecule has 124 valence electrons. The Morgan fingerprint density at radius 3 is 2.78 bits per heavy atom. The molecule has 3 heterocycles. The normalized spacial score (nSPS) is 24.5. The van der Waals surface area contributed by atoms with Crippen LogP contribution in [0.5, 0.6) is 0 Å². The third-order valence-electron chi connectivity index (χ3n) is 5.12. The summed E-state index contributed by atoms with van der Waals surface area (Å²) in [6.07, 6.45) is 3.21. The van der Waals surface area contributed by atoms with Crippen molar-refractivity contribution in [2.75, 3.05) is 26.7 Å². The van der Waals surface area contributed by atoms with Gasteiger partial charge in [-0.3, -0.25) is 14.4 Å². The average molecular weight is 317 g/mol. The lowest BCUT2D eigenvalue weighted by molar-refractivity contribution is -0.143. The highest BCUT2D eigenvalue weighted by Crippen LogP contribution is 2.40. The van der Waals surface area contributed by atoms with Gasteiger partial charge in [-0.1, -0.05) is 6.92 Å². The van der Waals surface area contributed by atoms with Crippen molar-refractivity contribution < 1.29 is 9.59 Å². The molecule has 2 saturated heterocycles. The van der Waals surface area contributed by atoms with Crippen molar-refractivity contribution in [3.63, 3.8) is 0 Å². The Hall–Kier alpha value is -2.11. The number of aryl methyl sites for hydroxylation is 1. The van der Waals surface area contributed by atoms with Gasteiger partial charge in [0.25, 0.3) is 5.91 Å². The summed E-state index contributed by atoms with van der Waals surface area (Å²) in [7, 11) is 1.83. The third-order valence-corrected chi connectivity index (χ3v) is 5.12. The molecule has 1 N–H and O–H groups in total. The van der Waals surface area contributed by atoms with E-state index in [9.17, 15) is 14.4 Å². The average Bonchev–Trinajstić information content (AvgIpc) is 2.96. The minimum absolute atomic E-state index is 0.149. The van der Waals surface area contributed by atoms with Crippen molar-refractivity contribution in [2.24, 2.45) is 5.41 Å². The lowest BCUT2D eigenvalue weighted by Gasteiger charge is -2.37. The van der Waals surface area contributed by atoms with Crippen molar-refractivity contribution in [1.82, 2.24) is 14.8 Å². The number of aromatic nitrogens is 1. The number of hydrogen-bond donors (Lipinski definition) is 1. The van der Waals surface area contributed by atoms with Crippen molar-refractivity contribution in [3.05, 3.63) is 33.7 Å². The molecule has 0 unspecified atom stereocenters. The maximum Gasteiger partial charge on any atom is 0.254 e. The van der Waals surface area contributed by atoms with Crippen molar-refractivity contribution >= 4 is 11.8 Å². The third kappa shape index (κ3) is 2.78. The monoisotopic (exact) mass is 317 g/mol. The van der Waals surface area contributed by atoms with E-state index in [-0.39, 0.29) is 17.4 Å². The predicted octanol–water partition coefficient (Wildman–Crippen LogP) is 1.02. The Bertz CT molecular complexity index is 697. The van der Waals surface area contributed by atoms with Crippen LogP contribution in [0.3, 0.4) is 0 Å². The lowest BCUT2D eigenvalue weighted by atomic mass is 9.78. The number of nitrogens with one attached hydrogen (secondary N) is 1. The molecular weight excluding hydrogens is 294 g/mol. The van der Waals surface area contributed by atoms with Crippen molar-refractivity contribution in [3.8, 4) is 0 Å². The summed E-state index contributed by atoms with van der Waals surface area (Å²) < 4.78 is 0. The predicted molar refractivity (Wildman–Crippen MR) is 86.3 cm³/mol. The van der Waals surface area contributed by atoms with Crippen LogP contribution in [0.25, 0.3) is 0 Å². The highest BCUT2D eigenvalue weighted by Gasteiger charge is 2.48. The van der Waals surface area contributed by atoms with Gasteiger partial charge in [-0.15, -0.1) is 0 Å². The summed E-state index contributed by atoms with van der Waals surface area (Å²) in [5.41, 5.74) is 0.495. The minimum atomic E-state index is -0.419. The first kappa shape index (κ1) is 15.8. The van der Waals surface area contributed by atoms with Gasteiger partial charge in [0.15, 0.2) is 0 Å². The molecule has 2 aliphatic heterocycles. The van der Waals surface area contributed by atoms with E-state index in [1.54, 1.807) is 15.9 Å². The summed E-state index contributed by atoms with van der Waals surface area (Å²) in [5, 5.41) is 0. The zero-order chi connectivity index (χ0) is 16.6. The molecule has 2 fully saturated rings. The number of hydrogen-bond acceptors (Lipinski definition) is 3. The van der Waals surface area contributed by atoms with Gasteiger partial charge in [0.05, 0.1) is 5.41 Å². The highest BCUT2D eigenvalue weighted by molar-refractivity contribution is 5.95. The number of carbonyl (C=O) groups is 2. The first-order valence-corrected chi connectivity index (χ1v) is 8.23. The van der Waals surface area contributed by atoms with E-state index in [0.717, 1.165) is 25.1 Å². The molecule has 0 aromatic carbocycles. The molecule has 0 saturated carbocycles. The first-order valence-electron chi connectivity index (χ1n) is 8.23. The Kier molecular flexibility index (Phi) is 4.00. The Morgan fingerprint density at radius 2 is 2.04 bits per heavy atom. The van der Waals surface area contributed by atoms with Crippen LogP contribution in [0.4, 0.5) is 0 Å². The largest absolute Gasteiger partial charge is 0.345 e. The molecule has 1 aromatic heterocycles. The van der Waals surface area contributed by atoms with Gasteiger partial charge in [-0.2, -0.15) is 0 Å². The van der Waals surface area contributed by atoms with Gasteiger partial charge in [0.1, 0.15) is 0 Å². The second kappa shape index (κ2) is 5.83. The van der Waals surface area contributed by atoms with E-state index >= 15 is 0 Å². The summed E-state index contributed by atoms with van der Waals surface area (Å²) in [6.45, 7) is 3.76. The Labute approximate surface area is 135 Å². The molecule has 1 atom stereocenters. The van der Waals surface area contributed by atoms with Gasteiger partial charge in [0, 0.05) is 44.0 Å². The molecule has 1 spiro atoms. The van der Waals surface area contributed by atoms with Gasteiger partial charge in [-0.25, -0.2) is 0 Å². The number of carbonyl (C=O) groups excluding carboxylic acids is 2. The van der Waals surface area contributed by atoms with Crippen LogP contribution >= 0.6 is 0 Å². The SMILES string of the molecule is CCc1cc(C(=O)N2CC[C@]3(CCCN(C)C3=O)C2)cc(=O)[nH]1. The summed E-state index contributed by atoms with van der Waals surface area (Å²) in [5.74, 6) is 0.00269. The second-order valence-electron chi connectivity index (χ2n) is 6.70. The van der Waals surface area contributed by atoms with E-state index in [1.807, 2.05) is 14.0 Å². The summed E-state index contributed by atoms with van der Waals surface area (Å²) in [4.78, 5) is 43.2. The number of amides is 2. The number of nitrogens with zero attached hydrogens (tertiary/aromatic N) is 2. The molecule has 3 rings (SSSR count). The maximum atomic E-state index is 12.7. The topological polar surface area (TPSA) is 73.5 Å². The summed E-state index contributed by atoms with van der Waals surface area (Å²) >= 11 is 0. The standard InChI is InChI=1S/C17H23N3O3/c1-3-13-9-12(10-14(21)18-13)15(22)20-8-6-17(11-20)5-4-7-19(2)16(17)23/h9-10H,3-8,11H2,1-2H3,(H,18,21)/t17-/m1/s1. The van der Waals surface area contributed by atoms with Gasteiger partial charge in [-0.05, 0) is 31.7 Å². The van der Waals surface area contributed by atoms with E-state index < -0.39 is 5.41 Å². The number of rotatable bonds is 2. The molecule has 6 nitrogen and oxygen atoms in total. The van der Waals surface area contributed by atoms with Gasteiger partial charge < -0.3 is 14.8 Å². The minimum Gasteiger partial charge on any atom is -0.345 e. The Balaban J connectivity index is 1.81. The molecule has 2 aliphatic rings. The molecule has 0 aliphatic carbocycles. The van der Waals surface area contributed by atoms with Crippen LogP contribution in [0.1, 0.15) is 42.2 Å². The quantitative estimate of drug-likeness (QED) is 0.885. The summed E-state index contributed by atoms with van der Waals surface area (Å²) in [6, 6.07) is 3.09. The first-order chi connectivity index (χ1) is 10.9. The number of likely N-dealkylation sites (tertiary alicyclic amines) is 2. The van der Waals surface area contributed by atoms with Crippen molar-refractivity contribution in [1.29, 1.82) is 0 Å². The fraction of sp³-hybridized carbons (Fsp3) is 0.588. The maximum absolute atomic E-state index is 12.7. The van der Waals surface area contributed by atoms with Crippen LogP contribution in [0, 0.1) is 5.41 Å². The molecular formula is C17H23N3O3. The van der Waals surface area contributed by atoms with Crippen LogP contribution < -0.4 is 5.56 Å². The molecule has 2 amide bonds. The van der Waals surface area contributed by atoms with Gasteiger partial charge >= 0.3 is 0 Å². The van der Waals surface area contributed by atoms with Crippen LogP contribution in [-0.4, -0.2) is 53.3 Å². The molecule has 1 aromatic rings. The molecule has 0 radical (unpaired) electrons. The van der Waals surface area contributed by atoms with E-state index in [4.69, 9.17) is 0 Å². The second-order valence-corrected chi connectivity index (χ2v) is 6.70. The fourth-order valence-electron chi connectivity index (χ4n) is 3.79. The van der Waals surface area contributed by atoms with Gasteiger partial charge in [0.2, 0.25) is 11.5 Å².